The average molecular weight is 329 g/mol. The van der Waals surface area contributed by atoms with Gasteiger partial charge in [-0.3, -0.25) is 4.79 Å². The van der Waals surface area contributed by atoms with Gasteiger partial charge in [0.15, 0.2) is 5.78 Å². The van der Waals surface area contributed by atoms with Crippen LogP contribution in [0.25, 0.3) is 0 Å². The number of hydrogen-bond acceptors (Lipinski definition) is 4. The minimum Gasteiger partial charge on any atom is -0.328 e. The molecule has 23 heavy (non-hydrogen) atoms. The van der Waals surface area contributed by atoms with Crippen LogP contribution in [0.2, 0.25) is 5.02 Å². The summed E-state index contributed by atoms with van der Waals surface area (Å²) in [6, 6.07) is 7.35. The number of benzene rings is 1. The average Bonchev–Trinajstić information content (AvgIpc) is 2.84. The van der Waals surface area contributed by atoms with E-state index < -0.39 is 0 Å². The van der Waals surface area contributed by atoms with E-state index in [1.54, 1.807) is 4.68 Å². The van der Waals surface area contributed by atoms with Gasteiger partial charge in [0.1, 0.15) is 11.9 Å². The lowest BCUT2D eigenvalue weighted by Crippen LogP contribution is -2.33. The first kappa shape index (κ1) is 14.5. The number of halogens is 1. The monoisotopic (exact) mass is 328 g/mol. The third kappa shape index (κ3) is 2.36. The Morgan fingerprint density at radius 1 is 1.35 bits per heavy atom. The second-order valence-electron chi connectivity index (χ2n) is 6.34. The Labute approximate surface area is 139 Å². The number of nitrogens with one attached hydrogen (secondary N) is 1. The molecule has 0 bridgehead atoms. The molecule has 1 aromatic carbocycles. The lowest BCUT2D eigenvalue weighted by atomic mass is 9.81. The second kappa shape index (κ2) is 5.20. The maximum atomic E-state index is 12.7. The molecule has 1 aromatic heterocycles. The van der Waals surface area contributed by atoms with Gasteiger partial charge in [0.05, 0.1) is 0 Å². The number of ketones is 1. The van der Waals surface area contributed by atoms with E-state index >= 15 is 0 Å². The Bertz CT molecular complexity index is 839. The van der Waals surface area contributed by atoms with Crippen molar-refractivity contribution in [2.24, 2.45) is 5.92 Å². The summed E-state index contributed by atoms with van der Waals surface area (Å²) in [6.07, 6.45) is 1.42. The number of carbonyl (C=O) groups excluding carboxylic acids is 1. The van der Waals surface area contributed by atoms with Gasteiger partial charge in [-0.25, -0.2) is 4.68 Å². The van der Waals surface area contributed by atoms with Gasteiger partial charge in [0, 0.05) is 22.7 Å². The predicted molar refractivity (Wildman–Crippen MR) is 88.4 cm³/mol. The summed E-state index contributed by atoms with van der Waals surface area (Å²) in [7, 11) is 0. The number of aromatic nitrogens is 3. The summed E-state index contributed by atoms with van der Waals surface area (Å²) in [5.41, 5.74) is 2.72. The molecule has 6 heteroatoms. The number of rotatable bonds is 1. The second-order valence-corrected chi connectivity index (χ2v) is 6.77. The molecule has 0 fully saturated rings. The van der Waals surface area contributed by atoms with Crippen LogP contribution < -0.4 is 5.32 Å². The van der Waals surface area contributed by atoms with Gasteiger partial charge in [-0.2, -0.15) is 10.1 Å². The summed E-state index contributed by atoms with van der Waals surface area (Å²) in [6.45, 7) is 3.95. The van der Waals surface area contributed by atoms with Crippen molar-refractivity contribution in [3.63, 3.8) is 0 Å². The zero-order valence-corrected chi connectivity index (χ0v) is 13.8. The fourth-order valence-electron chi connectivity index (χ4n) is 3.50. The zero-order chi connectivity index (χ0) is 16.1. The Morgan fingerprint density at radius 3 is 2.96 bits per heavy atom. The Kier molecular flexibility index (Phi) is 3.27. The molecule has 1 aliphatic heterocycles. The van der Waals surface area contributed by atoms with Crippen LogP contribution in [-0.4, -0.2) is 20.5 Å². The molecular formula is C17H17ClN4O. The van der Waals surface area contributed by atoms with Gasteiger partial charge in [0.25, 0.3) is 0 Å². The lowest BCUT2D eigenvalue weighted by Gasteiger charge is -2.34. The maximum absolute atomic E-state index is 12.7. The van der Waals surface area contributed by atoms with E-state index in [-0.39, 0.29) is 11.8 Å². The van der Waals surface area contributed by atoms with Gasteiger partial charge in [0.2, 0.25) is 5.95 Å². The quantitative estimate of drug-likeness (QED) is 0.870. The molecule has 0 saturated heterocycles. The predicted octanol–water partition coefficient (Wildman–Crippen LogP) is 3.51. The van der Waals surface area contributed by atoms with Crippen molar-refractivity contribution >= 4 is 23.3 Å². The van der Waals surface area contributed by atoms with E-state index in [2.05, 4.69) is 22.3 Å². The highest BCUT2D eigenvalue weighted by molar-refractivity contribution is 6.30. The molecule has 1 N–H and O–H groups in total. The minimum atomic E-state index is -0.263. The van der Waals surface area contributed by atoms with Gasteiger partial charge >= 0.3 is 0 Å². The molecule has 118 valence electrons. The summed E-state index contributed by atoms with van der Waals surface area (Å²) in [5.74, 6) is 1.88. The van der Waals surface area contributed by atoms with Crippen LogP contribution in [0.4, 0.5) is 5.95 Å². The fourth-order valence-corrected chi connectivity index (χ4v) is 3.70. The van der Waals surface area contributed by atoms with E-state index in [9.17, 15) is 4.79 Å². The molecular weight excluding hydrogens is 312 g/mol. The highest BCUT2D eigenvalue weighted by Gasteiger charge is 2.38. The number of aryl methyl sites for hydroxylation is 1. The van der Waals surface area contributed by atoms with Crippen molar-refractivity contribution in [3.05, 3.63) is 51.9 Å². The molecule has 2 aromatic rings. The standard InChI is InChI=1S/C17H17ClN4O/c1-9-6-13-15(14(23)7-9)16(11-4-3-5-12(18)8-11)22-17(20-13)19-10(2)21-22/h3-5,8-9,16H,6-7H2,1-2H3,(H,19,20,21)/t9-,16-/m0/s1. The number of nitrogens with zero attached hydrogens (tertiary/aromatic N) is 3. The number of allylic oxidation sites excluding steroid dienone is 2. The lowest BCUT2D eigenvalue weighted by molar-refractivity contribution is -0.117. The van der Waals surface area contributed by atoms with E-state index in [0.29, 0.717) is 29.1 Å². The van der Waals surface area contributed by atoms with Crippen molar-refractivity contribution in [3.8, 4) is 0 Å². The van der Waals surface area contributed by atoms with Gasteiger partial charge in [-0.05, 0) is 37.0 Å². The highest BCUT2D eigenvalue weighted by Crippen LogP contribution is 2.41. The molecule has 0 radical (unpaired) electrons. The van der Waals surface area contributed by atoms with Crippen molar-refractivity contribution in [1.82, 2.24) is 14.8 Å². The summed E-state index contributed by atoms with van der Waals surface area (Å²) in [5, 5.41) is 8.46. The van der Waals surface area contributed by atoms with Crippen molar-refractivity contribution < 1.29 is 4.79 Å². The van der Waals surface area contributed by atoms with Gasteiger partial charge < -0.3 is 5.32 Å². The molecule has 0 amide bonds. The first-order chi connectivity index (χ1) is 11.0. The summed E-state index contributed by atoms with van der Waals surface area (Å²) in [4.78, 5) is 17.2. The molecule has 1 aliphatic carbocycles. The largest absolute Gasteiger partial charge is 0.328 e. The van der Waals surface area contributed by atoms with Crippen LogP contribution in [0.5, 0.6) is 0 Å². The maximum Gasteiger partial charge on any atom is 0.226 e. The van der Waals surface area contributed by atoms with Crippen molar-refractivity contribution in [2.75, 3.05) is 5.32 Å². The third-order valence-corrected chi connectivity index (χ3v) is 4.63. The van der Waals surface area contributed by atoms with Gasteiger partial charge in [-0.1, -0.05) is 30.7 Å². The highest BCUT2D eigenvalue weighted by atomic mass is 35.5. The Hall–Kier alpha value is -2.14. The molecule has 5 nitrogen and oxygen atoms in total. The Morgan fingerprint density at radius 2 is 2.17 bits per heavy atom. The van der Waals surface area contributed by atoms with Crippen LogP contribution in [0.3, 0.4) is 0 Å². The number of Topliss-reactive ketones (excluding diaryl/α,β-unsaturated/α-hetero) is 1. The summed E-state index contributed by atoms with van der Waals surface area (Å²) >= 11 is 6.17. The van der Waals surface area contributed by atoms with E-state index in [1.807, 2.05) is 31.2 Å². The molecule has 2 atom stereocenters. The molecule has 0 spiro atoms. The first-order valence-electron chi connectivity index (χ1n) is 7.75. The Balaban J connectivity index is 1.93. The van der Waals surface area contributed by atoms with Gasteiger partial charge in [-0.15, -0.1) is 0 Å². The zero-order valence-electron chi connectivity index (χ0n) is 13.0. The molecule has 2 aliphatic rings. The minimum absolute atomic E-state index is 0.176. The first-order valence-corrected chi connectivity index (χ1v) is 8.12. The molecule has 2 heterocycles. The number of carbonyl (C=O) groups is 1. The van der Waals surface area contributed by atoms with Crippen LogP contribution in [-0.2, 0) is 4.79 Å². The van der Waals surface area contributed by atoms with Crippen LogP contribution >= 0.6 is 11.6 Å². The van der Waals surface area contributed by atoms with Crippen LogP contribution in [0, 0.1) is 12.8 Å². The summed E-state index contributed by atoms with van der Waals surface area (Å²) < 4.78 is 1.80. The van der Waals surface area contributed by atoms with Crippen LogP contribution in [0.15, 0.2) is 35.5 Å². The van der Waals surface area contributed by atoms with E-state index in [0.717, 1.165) is 23.3 Å². The fraction of sp³-hybridized carbons (Fsp3) is 0.353. The number of hydrogen-bond donors (Lipinski definition) is 1. The number of anilines is 1. The topological polar surface area (TPSA) is 59.8 Å². The molecule has 0 saturated carbocycles. The van der Waals surface area contributed by atoms with E-state index in [1.165, 1.54) is 0 Å². The van der Waals surface area contributed by atoms with Crippen molar-refractivity contribution in [2.45, 2.75) is 32.7 Å². The van der Waals surface area contributed by atoms with Crippen LogP contribution in [0.1, 0.15) is 37.2 Å². The number of fused-ring (bicyclic) bond motifs is 1. The third-order valence-electron chi connectivity index (χ3n) is 4.39. The normalized spacial score (nSPS) is 23.3. The van der Waals surface area contributed by atoms with E-state index in [4.69, 9.17) is 11.6 Å². The SMILES string of the molecule is Cc1nc2n(n1)[C@@H](c1cccc(Cl)c1)C1=C(C[C@H](C)CC1=O)N2. The smallest absolute Gasteiger partial charge is 0.226 e. The molecule has 0 unspecified atom stereocenters. The van der Waals surface area contributed by atoms with Crippen molar-refractivity contribution in [1.29, 1.82) is 0 Å². The molecule has 4 rings (SSSR count).